The molecule has 0 aliphatic rings. The summed E-state index contributed by atoms with van der Waals surface area (Å²) in [5.74, 6) is -1.32. The minimum absolute atomic E-state index is 0.164. The molecule has 0 saturated heterocycles. The maximum absolute atomic E-state index is 10.8. The van der Waals surface area contributed by atoms with E-state index in [-0.39, 0.29) is 6.29 Å². The Labute approximate surface area is 82.9 Å². The average Bonchev–Trinajstić information content (AvgIpc) is 2.57. The number of amides is 1. The summed E-state index contributed by atoms with van der Waals surface area (Å²) in [5.41, 5.74) is 1.25. The van der Waals surface area contributed by atoms with Gasteiger partial charge in [0, 0.05) is 11.8 Å². The Morgan fingerprint density at radius 1 is 1.47 bits per heavy atom. The third-order valence-corrected chi connectivity index (χ3v) is 1.80. The molecule has 2 aromatic rings. The van der Waals surface area contributed by atoms with E-state index in [9.17, 15) is 14.4 Å². The van der Waals surface area contributed by atoms with Gasteiger partial charge in [0.2, 0.25) is 6.29 Å². The molecule has 76 valence electrons. The first-order valence-electron chi connectivity index (χ1n) is 4.08. The highest BCUT2D eigenvalue weighted by atomic mass is 16.4. The molecule has 0 aliphatic carbocycles. The van der Waals surface area contributed by atoms with Crippen LogP contribution in [0.25, 0.3) is 11.1 Å². The molecule has 0 atom stereocenters. The van der Waals surface area contributed by atoms with E-state index in [4.69, 9.17) is 4.42 Å². The number of rotatable bonds is 2. The van der Waals surface area contributed by atoms with Crippen molar-refractivity contribution < 1.29 is 14.0 Å². The van der Waals surface area contributed by atoms with E-state index in [2.05, 4.69) is 10.3 Å². The molecule has 1 heterocycles. The van der Waals surface area contributed by atoms with Gasteiger partial charge >= 0.3 is 5.76 Å². The van der Waals surface area contributed by atoms with Crippen LogP contribution in [0.1, 0.15) is 0 Å². The van der Waals surface area contributed by atoms with Crippen LogP contribution in [0, 0.1) is 0 Å². The minimum Gasteiger partial charge on any atom is -0.408 e. The number of aldehydes is 1. The van der Waals surface area contributed by atoms with E-state index in [0.29, 0.717) is 16.8 Å². The van der Waals surface area contributed by atoms with Crippen LogP contribution in [-0.4, -0.2) is 17.2 Å². The molecule has 0 unspecified atom stereocenters. The van der Waals surface area contributed by atoms with Crippen molar-refractivity contribution in [3.8, 4) is 0 Å². The summed E-state index contributed by atoms with van der Waals surface area (Å²) in [5, 5.41) is 2.31. The second-order valence-corrected chi connectivity index (χ2v) is 2.83. The highest BCUT2D eigenvalue weighted by Gasteiger charge is 2.04. The van der Waals surface area contributed by atoms with Gasteiger partial charge in [-0.3, -0.25) is 14.6 Å². The van der Waals surface area contributed by atoms with Crippen molar-refractivity contribution in [3.63, 3.8) is 0 Å². The smallest absolute Gasteiger partial charge is 0.408 e. The van der Waals surface area contributed by atoms with E-state index >= 15 is 0 Å². The van der Waals surface area contributed by atoms with Gasteiger partial charge in [0.15, 0.2) is 5.58 Å². The number of fused-ring (bicyclic) bond motifs is 1. The molecular weight excluding hydrogens is 200 g/mol. The quantitative estimate of drug-likeness (QED) is 0.544. The first-order valence-corrected chi connectivity index (χ1v) is 4.08. The number of carbonyl (C=O) groups is 2. The fourth-order valence-electron chi connectivity index (χ4n) is 1.19. The summed E-state index contributed by atoms with van der Waals surface area (Å²) >= 11 is 0. The van der Waals surface area contributed by atoms with Gasteiger partial charge in [0.25, 0.3) is 5.91 Å². The summed E-state index contributed by atoms with van der Waals surface area (Å²) in [4.78, 5) is 34.1. The van der Waals surface area contributed by atoms with Crippen molar-refractivity contribution in [1.29, 1.82) is 0 Å². The Balaban J connectivity index is 2.42. The van der Waals surface area contributed by atoms with Gasteiger partial charge in [-0.15, -0.1) is 0 Å². The average molecular weight is 206 g/mol. The Bertz CT molecular complexity index is 581. The number of nitrogens with one attached hydrogen (secondary N) is 2. The number of benzene rings is 1. The van der Waals surface area contributed by atoms with Crippen LogP contribution in [0.3, 0.4) is 0 Å². The van der Waals surface area contributed by atoms with Gasteiger partial charge in [0.05, 0.1) is 5.52 Å². The minimum atomic E-state index is -0.757. The third kappa shape index (κ3) is 1.78. The topological polar surface area (TPSA) is 92.2 Å². The Kier molecular flexibility index (Phi) is 2.09. The van der Waals surface area contributed by atoms with Crippen molar-refractivity contribution in [2.45, 2.75) is 0 Å². The van der Waals surface area contributed by atoms with Crippen molar-refractivity contribution in [2.24, 2.45) is 0 Å². The van der Waals surface area contributed by atoms with Gasteiger partial charge in [-0.05, 0) is 12.1 Å². The maximum atomic E-state index is 10.8. The molecule has 6 heteroatoms. The molecule has 1 amide bonds. The number of oxazole rings is 1. The van der Waals surface area contributed by atoms with Crippen LogP contribution in [0.2, 0.25) is 0 Å². The lowest BCUT2D eigenvalue weighted by molar-refractivity contribution is -0.127. The maximum Gasteiger partial charge on any atom is 0.417 e. The Morgan fingerprint density at radius 3 is 3.00 bits per heavy atom. The molecule has 15 heavy (non-hydrogen) atoms. The SMILES string of the molecule is O=CC(=O)Nc1ccc2[nH]c(=O)oc2c1. The van der Waals surface area contributed by atoms with Crippen LogP contribution in [0.5, 0.6) is 0 Å². The highest BCUT2D eigenvalue weighted by Crippen LogP contribution is 2.15. The zero-order valence-electron chi connectivity index (χ0n) is 7.44. The molecule has 0 radical (unpaired) electrons. The second kappa shape index (κ2) is 3.41. The molecule has 2 N–H and O–H groups in total. The molecular formula is C9H6N2O4. The van der Waals surface area contributed by atoms with E-state index in [1.165, 1.54) is 6.07 Å². The lowest BCUT2D eigenvalue weighted by Gasteiger charge is -1.98. The van der Waals surface area contributed by atoms with Gasteiger partial charge < -0.3 is 9.73 Å². The Hall–Kier alpha value is -2.37. The lowest BCUT2D eigenvalue weighted by Crippen LogP contribution is -2.11. The fraction of sp³-hybridized carbons (Fsp3) is 0. The normalized spacial score (nSPS) is 10.1. The predicted octanol–water partition coefficient (Wildman–Crippen LogP) is 0.258. The molecule has 0 aliphatic heterocycles. The van der Waals surface area contributed by atoms with Crippen molar-refractivity contribution in [1.82, 2.24) is 4.98 Å². The molecule has 1 aromatic heterocycles. The van der Waals surface area contributed by atoms with E-state index in [1.54, 1.807) is 12.1 Å². The largest absolute Gasteiger partial charge is 0.417 e. The fourth-order valence-corrected chi connectivity index (χ4v) is 1.19. The van der Waals surface area contributed by atoms with Crippen LogP contribution in [0.15, 0.2) is 27.4 Å². The monoisotopic (exact) mass is 206 g/mol. The standard InChI is InChI=1S/C9H6N2O4/c12-4-8(13)10-5-1-2-6-7(3-5)15-9(14)11-6/h1-4H,(H,10,13)(H,11,14). The van der Waals surface area contributed by atoms with E-state index < -0.39 is 11.7 Å². The molecule has 6 nitrogen and oxygen atoms in total. The number of hydrogen-bond acceptors (Lipinski definition) is 4. The van der Waals surface area contributed by atoms with Crippen molar-refractivity contribution in [2.75, 3.05) is 5.32 Å². The first kappa shape index (κ1) is 9.20. The molecule has 0 spiro atoms. The summed E-state index contributed by atoms with van der Waals surface area (Å²) in [6.07, 6.45) is 0.164. The van der Waals surface area contributed by atoms with Crippen LogP contribution in [-0.2, 0) is 9.59 Å². The van der Waals surface area contributed by atoms with Crippen LogP contribution in [0.4, 0.5) is 5.69 Å². The summed E-state index contributed by atoms with van der Waals surface area (Å²) in [6, 6.07) is 4.57. The predicted molar refractivity (Wildman–Crippen MR) is 51.5 cm³/mol. The van der Waals surface area contributed by atoms with Gasteiger partial charge in [0.1, 0.15) is 0 Å². The zero-order valence-corrected chi connectivity index (χ0v) is 7.44. The molecule has 2 rings (SSSR count). The summed E-state index contributed by atoms with van der Waals surface area (Å²) in [6.45, 7) is 0. The van der Waals surface area contributed by atoms with Crippen LogP contribution < -0.4 is 11.1 Å². The first-order chi connectivity index (χ1) is 7.19. The number of aromatic nitrogens is 1. The lowest BCUT2D eigenvalue weighted by atomic mass is 10.3. The number of anilines is 1. The van der Waals surface area contributed by atoms with Crippen LogP contribution >= 0.6 is 0 Å². The van der Waals surface area contributed by atoms with Crippen molar-refractivity contribution >= 4 is 29.0 Å². The molecule has 0 fully saturated rings. The van der Waals surface area contributed by atoms with Gasteiger partial charge in [-0.2, -0.15) is 0 Å². The summed E-state index contributed by atoms with van der Waals surface area (Å²) < 4.78 is 4.77. The number of carbonyl (C=O) groups excluding carboxylic acids is 2. The second-order valence-electron chi connectivity index (χ2n) is 2.83. The van der Waals surface area contributed by atoms with Gasteiger partial charge in [-0.25, -0.2) is 4.79 Å². The number of aromatic amines is 1. The highest BCUT2D eigenvalue weighted by molar-refractivity contribution is 6.29. The molecule has 0 saturated carbocycles. The third-order valence-electron chi connectivity index (χ3n) is 1.80. The van der Waals surface area contributed by atoms with E-state index in [0.717, 1.165) is 0 Å². The molecule has 0 bridgehead atoms. The van der Waals surface area contributed by atoms with Crippen molar-refractivity contribution in [3.05, 3.63) is 28.7 Å². The Morgan fingerprint density at radius 2 is 2.27 bits per heavy atom. The zero-order chi connectivity index (χ0) is 10.8. The summed E-state index contributed by atoms with van der Waals surface area (Å²) in [7, 11) is 0. The number of hydrogen-bond donors (Lipinski definition) is 2. The number of H-pyrrole nitrogens is 1. The van der Waals surface area contributed by atoms with Gasteiger partial charge in [-0.1, -0.05) is 0 Å². The van der Waals surface area contributed by atoms with E-state index in [1.807, 2.05) is 0 Å². The molecule has 1 aromatic carbocycles.